The van der Waals surface area contributed by atoms with Gasteiger partial charge in [-0.1, -0.05) is 30.3 Å². The van der Waals surface area contributed by atoms with E-state index in [0.717, 1.165) is 25.1 Å². The number of carbonyl (C=O) groups is 1. The maximum absolute atomic E-state index is 11.9. The number of phenolic OH excluding ortho intramolecular Hbond substituents is 1. The van der Waals surface area contributed by atoms with E-state index in [0.29, 0.717) is 18.2 Å². The molecule has 0 bridgehead atoms. The quantitative estimate of drug-likeness (QED) is 0.763. The predicted octanol–water partition coefficient (Wildman–Crippen LogP) is 3.43. The van der Waals surface area contributed by atoms with Crippen molar-refractivity contribution in [1.29, 1.82) is 0 Å². The summed E-state index contributed by atoms with van der Waals surface area (Å²) >= 11 is 0. The number of rotatable bonds is 6. The van der Waals surface area contributed by atoms with Gasteiger partial charge in [-0.2, -0.15) is 0 Å². The molecule has 0 saturated heterocycles. The fraction of sp³-hybridized carbons (Fsp3) is 0.350. The molecule has 0 aromatic heterocycles. The summed E-state index contributed by atoms with van der Waals surface area (Å²) in [5.41, 5.74) is 3.39. The highest BCUT2D eigenvalue weighted by molar-refractivity contribution is 5.94. The van der Waals surface area contributed by atoms with Crippen LogP contribution in [0.3, 0.4) is 0 Å². The van der Waals surface area contributed by atoms with Crippen molar-refractivity contribution < 1.29 is 9.90 Å². The van der Waals surface area contributed by atoms with Gasteiger partial charge in [0.2, 0.25) is 5.91 Å². The van der Waals surface area contributed by atoms with Gasteiger partial charge in [0.25, 0.3) is 0 Å². The number of phenols is 1. The first-order chi connectivity index (χ1) is 11.6. The molecule has 0 saturated carbocycles. The van der Waals surface area contributed by atoms with E-state index >= 15 is 0 Å². The standard InChI is InChI=1S/C20H24N2O2/c1-14(6-7-15-8-10-17(23)11-9-15)21-13-16-12-20(24)22-19-5-3-2-4-18(16)19/h2-5,8-11,14,16,21,23H,6-7,12-13H2,1H3,(H,22,24)/t14-,16+/m0/s1. The minimum Gasteiger partial charge on any atom is -0.508 e. The SMILES string of the molecule is C[C@@H](CCc1ccc(O)cc1)NC[C@H]1CC(=O)Nc2ccccc21. The predicted molar refractivity (Wildman–Crippen MR) is 96.3 cm³/mol. The number of hydrogen-bond acceptors (Lipinski definition) is 3. The van der Waals surface area contributed by atoms with Gasteiger partial charge in [0.15, 0.2) is 0 Å². The Labute approximate surface area is 142 Å². The van der Waals surface area contributed by atoms with Crippen LogP contribution in [0, 0.1) is 0 Å². The second kappa shape index (κ2) is 7.49. The van der Waals surface area contributed by atoms with E-state index in [1.165, 1.54) is 11.1 Å². The van der Waals surface area contributed by atoms with Crippen LogP contribution < -0.4 is 10.6 Å². The smallest absolute Gasteiger partial charge is 0.225 e. The zero-order valence-electron chi connectivity index (χ0n) is 14.0. The lowest BCUT2D eigenvalue weighted by atomic mass is 9.90. The van der Waals surface area contributed by atoms with E-state index in [1.54, 1.807) is 12.1 Å². The van der Waals surface area contributed by atoms with E-state index in [4.69, 9.17) is 0 Å². The van der Waals surface area contributed by atoms with E-state index in [9.17, 15) is 9.90 Å². The first-order valence-corrected chi connectivity index (χ1v) is 8.52. The lowest BCUT2D eigenvalue weighted by Gasteiger charge is -2.27. The summed E-state index contributed by atoms with van der Waals surface area (Å²) in [5.74, 6) is 0.627. The number of hydrogen-bond donors (Lipinski definition) is 3. The van der Waals surface area contributed by atoms with Gasteiger partial charge in [-0.15, -0.1) is 0 Å². The number of carbonyl (C=O) groups excluding carboxylic acids is 1. The van der Waals surface area contributed by atoms with Gasteiger partial charge in [0, 0.05) is 30.6 Å². The van der Waals surface area contributed by atoms with Gasteiger partial charge >= 0.3 is 0 Å². The van der Waals surface area contributed by atoms with Crippen molar-refractivity contribution in [3.63, 3.8) is 0 Å². The third kappa shape index (κ3) is 4.15. The first kappa shape index (κ1) is 16.5. The Morgan fingerprint density at radius 3 is 2.75 bits per heavy atom. The first-order valence-electron chi connectivity index (χ1n) is 8.52. The number of benzene rings is 2. The molecule has 0 fully saturated rings. The van der Waals surface area contributed by atoms with Crippen LogP contribution >= 0.6 is 0 Å². The summed E-state index contributed by atoms with van der Waals surface area (Å²) in [7, 11) is 0. The molecule has 24 heavy (non-hydrogen) atoms. The highest BCUT2D eigenvalue weighted by atomic mass is 16.3. The van der Waals surface area contributed by atoms with Crippen molar-refractivity contribution in [1.82, 2.24) is 5.32 Å². The number of para-hydroxylation sites is 1. The molecule has 1 heterocycles. The molecule has 0 aliphatic carbocycles. The zero-order valence-corrected chi connectivity index (χ0v) is 14.0. The second-order valence-corrected chi connectivity index (χ2v) is 6.55. The number of aromatic hydroxyl groups is 1. The van der Waals surface area contributed by atoms with Crippen LogP contribution in [-0.2, 0) is 11.2 Å². The molecule has 1 aliphatic rings. The lowest BCUT2D eigenvalue weighted by molar-refractivity contribution is -0.116. The van der Waals surface area contributed by atoms with Gasteiger partial charge in [0.1, 0.15) is 5.75 Å². The molecule has 2 aromatic carbocycles. The molecule has 1 aliphatic heterocycles. The summed E-state index contributed by atoms with van der Waals surface area (Å²) in [5, 5.41) is 15.8. The van der Waals surface area contributed by atoms with Crippen molar-refractivity contribution in [3.8, 4) is 5.75 Å². The molecule has 2 atom stereocenters. The van der Waals surface area contributed by atoms with Gasteiger partial charge in [0.05, 0.1) is 0 Å². The van der Waals surface area contributed by atoms with Crippen LogP contribution in [0.25, 0.3) is 0 Å². The van der Waals surface area contributed by atoms with Gasteiger partial charge in [-0.25, -0.2) is 0 Å². The van der Waals surface area contributed by atoms with Crippen molar-refractivity contribution in [2.45, 2.75) is 38.1 Å². The zero-order chi connectivity index (χ0) is 16.9. The Balaban J connectivity index is 1.52. The Bertz CT molecular complexity index is 697. The Morgan fingerprint density at radius 1 is 1.21 bits per heavy atom. The Hall–Kier alpha value is -2.33. The molecular formula is C20H24N2O2. The fourth-order valence-corrected chi connectivity index (χ4v) is 3.18. The van der Waals surface area contributed by atoms with Gasteiger partial charge in [-0.3, -0.25) is 4.79 Å². The van der Waals surface area contributed by atoms with E-state index in [1.807, 2.05) is 30.3 Å². The molecule has 1 amide bonds. The summed E-state index contributed by atoms with van der Waals surface area (Å²) in [4.78, 5) is 11.9. The molecule has 0 spiro atoms. The maximum Gasteiger partial charge on any atom is 0.225 e. The molecule has 3 rings (SSSR count). The van der Waals surface area contributed by atoms with Crippen LogP contribution in [0.15, 0.2) is 48.5 Å². The van der Waals surface area contributed by atoms with Crippen LogP contribution in [0.5, 0.6) is 5.75 Å². The van der Waals surface area contributed by atoms with Gasteiger partial charge in [-0.05, 0) is 49.1 Å². The number of nitrogens with one attached hydrogen (secondary N) is 2. The molecule has 126 valence electrons. The molecular weight excluding hydrogens is 300 g/mol. The highest BCUT2D eigenvalue weighted by Gasteiger charge is 2.24. The fourth-order valence-electron chi connectivity index (χ4n) is 3.18. The number of fused-ring (bicyclic) bond motifs is 1. The summed E-state index contributed by atoms with van der Waals surface area (Å²) < 4.78 is 0. The summed E-state index contributed by atoms with van der Waals surface area (Å²) in [6, 6.07) is 15.8. The molecule has 2 aromatic rings. The van der Waals surface area contributed by atoms with Crippen LogP contribution in [-0.4, -0.2) is 23.6 Å². The molecule has 3 N–H and O–H groups in total. The topological polar surface area (TPSA) is 61.4 Å². The third-order valence-corrected chi connectivity index (χ3v) is 4.62. The minimum atomic E-state index is 0.0947. The maximum atomic E-state index is 11.9. The minimum absolute atomic E-state index is 0.0947. The van der Waals surface area contributed by atoms with E-state index in [2.05, 4.69) is 23.6 Å². The van der Waals surface area contributed by atoms with Crippen molar-refractivity contribution in [2.75, 3.05) is 11.9 Å². The van der Waals surface area contributed by atoms with Crippen LogP contribution in [0.1, 0.15) is 36.8 Å². The Morgan fingerprint density at radius 2 is 1.96 bits per heavy atom. The molecule has 0 unspecified atom stereocenters. The monoisotopic (exact) mass is 324 g/mol. The number of anilines is 1. The average Bonchev–Trinajstić information content (AvgIpc) is 2.59. The third-order valence-electron chi connectivity index (χ3n) is 4.62. The summed E-state index contributed by atoms with van der Waals surface area (Å²) in [6.07, 6.45) is 2.52. The highest BCUT2D eigenvalue weighted by Crippen LogP contribution is 2.31. The molecule has 0 radical (unpaired) electrons. The number of aryl methyl sites for hydroxylation is 1. The lowest BCUT2D eigenvalue weighted by Crippen LogP contribution is -2.34. The van der Waals surface area contributed by atoms with Crippen molar-refractivity contribution in [3.05, 3.63) is 59.7 Å². The van der Waals surface area contributed by atoms with E-state index < -0.39 is 0 Å². The largest absolute Gasteiger partial charge is 0.508 e. The van der Waals surface area contributed by atoms with Crippen LogP contribution in [0.2, 0.25) is 0 Å². The van der Waals surface area contributed by atoms with Crippen molar-refractivity contribution >= 4 is 11.6 Å². The van der Waals surface area contributed by atoms with Gasteiger partial charge < -0.3 is 15.7 Å². The van der Waals surface area contributed by atoms with Crippen molar-refractivity contribution in [2.24, 2.45) is 0 Å². The second-order valence-electron chi connectivity index (χ2n) is 6.55. The average molecular weight is 324 g/mol. The molecule has 4 nitrogen and oxygen atoms in total. The number of amides is 1. The molecule has 4 heteroatoms. The van der Waals surface area contributed by atoms with E-state index in [-0.39, 0.29) is 11.8 Å². The summed E-state index contributed by atoms with van der Waals surface area (Å²) in [6.45, 7) is 2.98. The Kier molecular flexibility index (Phi) is 5.16. The normalized spacial score (nSPS) is 17.9. The van der Waals surface area contributed by atoms with Crippen LogP contribution in [0.4, 0.5) is 5.69 Å².